The number of hydrogen-bond acceptors (Lipinski definition) is 3. The molecule has 0 unspecified atom stereocenters. The molecule has 142 valence electrons. The van der Waals surface area contributed by atoms with Gasteiger partial charge in [-0.2, -0.15) is 13.2 Å². The number of alkyl halides is 3. The van der Waals surface area contributed by atoms with Gasteiger partial charge in [0.25, 0.3) is 5.24 Å². The third kappa shape index (κ3) is 3.09. The molecular formula is C20H13F3N2O2S. The Labute approximate surface area is 162 Å². The van der Waals surface area contributed by atoms with E-state index >= 15 is 0 Å². The first-order chi connectivity index (χ1) is 13.3. The Morgan fingerprint density at radius 2 is 1.79 bits per heavy atom. The normalized spacial score (nSPS) is 15.1. The minimum Gasteiger partial charge on any atom is -0.343 e. The number of carbonyl (C=O) groups excluding carboxylic acids is 2. The van der Waals surface area contributed by atoms with Crippen LogP contribution in [0, 0.1) is 0 Å². The molecule has 1 saturated heterocycles. The summed E-state index contributed by atoms with van der Waals surface area (Å²) < 4.78 is 40.6. The topological polar surface area (TPSA) is 42.3 Å². The van der Waals surface area contributed by atoms with Gasteiger partial charge in [0.05, 0.1) is 22.5 Å². The van der Waals surface area contributed by atoms with Crippen LogP contribution in [-0.2, 0) is 17.5 Å². The van der Waals surface area contributed by atoms with E-state index in [4.69, 9.17) is 0 Å². The largest absolute Gasteiger partial charge is 0.416 e. The molecule has 8 heteroatoms. The Balaban J connectivity index is 1.73. The summed E-state index contributed by atoms with van der Waals surface area (Å²) in [5.41, 5.74) is 1.16. The summed E-state index contributed by atoms with van der Waals surface area (Å²) in [5.74, 6) is 0. The maximum absolute atomic E-state index is 12.9. The van der Waals surface area contributed by atoms with E-state index < -0.39 is 22.1 Å². The van der Waals surface area contributed by atoms with Crippen molar-refractivity contribution in [2.24, 2.45) is 0 Å². The number of thioether (sulfide) groups is 1. The molecule has 1 aromatic heterocycles. The first-order valence-corrected chi connectivity index (χ1v) is 9.06. The lowest BCUT2D eigenvalue weighted by atomic mass is 10.1. The summed E-state index contributed by atoms with van der Waals surface area (Å²) in [6.07, 6.45) is -2.66. The van der Waals surface area contributed by atoms with Crippen LogP contribution in [0.1, 0.15) is 11.1 Å². The summed E-state index contributed by atoms with van der Waals surface area (Å²) in [7, 11) is 0. The lowest BCUT2D eigenvalue weighted by molar-refractivity contribution is -0.137. The summed E-state index contributed by atoms with van der Waals surface area (Å²) in [6, 6.07) is 12.2. The number of amides is 1. The number of hydrogen-bond donors (Lipinski definition) is 0. The van der Waals surface area contributed by atoms with Gasteiger partial charge in [0.1, 0.15) is 0 Å². The van der Waals surface area contributed by atoms with Gasteiger partial charge >= 0.3 is 6.18 Å². The molecule has 1 fully saturated rings. The van der Waals surface area contributed by atoms with Crippen molar-refractivity contribution in [2.45, 2.75) is 12.7 Å². The van der Waals surface area contributed by atoms with Crippen LogP contribution in [0.2, 0.25) is 0 Å². The molecule has 2 aromatic carbocycles. The molecule has 4 nitrogen and oxygen atoms in total. The second kappa shape index (κ2) is 6.56. The van der Waals surface area contributed by atoms with Crippen LogP contribution in [0.5, 0.6) is 0 Å². The van der Waals surface area contributed by atoms with E-state index in [-0.39, 0.29) is 12.2 Å². The van der Waals surface area contributed by atoms with Gasteiger partial charge in [-0.15, -0.1) is 0 Å². The fourth-order valence-corrected chi connectivity index (χ4v) is 3.88. The maximum Gasteiger partial charge on any atom is 0.416 e. The van der Waals surface area contributed by atoms with Gasteiger partial charge < -0.3 is 4.57 Å². The maximum atomic E-state index is 12.9. The minimum atomic E-state index is -4.40. The number of benzene rings is 2. The Bertz CT molecular complexity index is 1130. The Morgan fingerprint density at radius 3 is 2.46 bits per heavy atom. The van der Waals surface area contributed by atoms with Crippen LogP contribution in [-0.4, -0.2) is 14.9 Å². The van der Waals surface area contributed by atoms with Gasteiger partial charge in [-0.1, -0.05) is 24.8 Å². The molecule has 0 bridgehead atoms. The zero-order valence-electron chi connectivity index (χ0n) is 14.4. The molecule has 0 saturated carbocycles. The Morgan fingerprint density at radius 1 is 1.04 bits per heavy atom. The van der Waals surface area contributed by atoms with Gasteiger partial charge in [0.15, 0.2) is 0 Å². The van der Waals surface area contributed by atoms with Crippen LogP contribution in [0.15, 0.2) is 67.0 Å². The number of carbonyl (C=O) groups is 2. The number of fused-ring (bicyclic) bond motifs is 1. The van der Waals surface area contributed by atoms with Crippen LogP contribution in [0.4, 0.5) is 23.7 Å². The Hall–Kier alpha value is -3.00. The van der Waals surface area contributed by atoms with E-state index in [1.54, 1.807) is 35.0 Å². The predicted molar refractivity (Wildman–Crippen MR) is 102 cm³/mol. The van der Waals surface area contributed by atoms with Crippen molar-refractivity contribution in [1.82, 2.24) is 4.57 Å². The van der Waals surface area contributed by atoms with E-state index in [1.807, 2.05) is 6.07 Å². The molecule has 1 aliphatic heterocycles. The predicted octanol–water partition coefficient (Wildman–Crippen LogP) is 5.42. The number of halogens is 3. The molecule has 0 radical (unpaired) electrons. The van der Waals surface area contributed by atoms with Crippen molar-refractivity contribution >= 4 is 38.7 Å². The van der Waals surface area contributed by atoms with Gasteiger partial charge in [-0.05, 0) is 35.9 Å². The molecule has 0 aliphatic carbocycles. The zero-order chi connectivity index (χ0) is 20.1. The lowest BCUT2D eigenvalue weighted by Gasteiger charge is -2.16. The highest BCUT2D eigenvalue weighted by Gasteiger charge is 2.35. The number of aromatic nitrogens is 1. The van der Waals surface area contributed by atoms with Crippen LogP contribution in [0.25, 0.3) is 10.9 Å². The lowest BCUT2D eigenvalue weighted by Crippen LogP contribution is -2.20. The molecule has 0 N–H and O–H groups in total. The molecule has 3 aromatic rings. The van der Waals surface area contributed by atoms with Crippen LogP contribution < -0.4 is 4.90 Å². The van der Waals surface area contributed by atoms with Gasteiger partial charge in [0.2, 0.25) is 5.12 Å². The van der Waals surface area contributed by atoms with Gasteiger partial charge in [-0.25, -0.2) is 0 Å². The molecule has 0 spiro atoms. The van der Waals surface area contributed by atoms with E-state index in [0.29, 0.717) is 28.4 Å². The zero-order valence-corrected chi connectivity index (χ0v) is 15.2. The van der Waals surface area contributed by atoms with Crippen LogP contribution >= 0.6 is 11.8 Å². The second-order valence-electron chi connectivity index (χ2n) is 6.29. The fourth-order valence-electron chi connectivity index (χ4n) is 3.21. The average molecular weight is 402 g/mol. The average Bonchev–Trinajstić information content (AvgIpc) is 3.15. The highest BCUT2D eigenvalue weighted by molar-refractivity contribution is 8.27. The third-order valence-corrected chi connectivity index (χ3v) is 5.29. The van der Waals surface area contributed by atoms with E-state index in [1.165, 1.54) is 11.0 Å². The minimum absolute atomic E-state index is 0.0909. The highest BCUT2D eigenvalue weighted by atomic mass is 32.2. The van der Waals surface area contributed by atoms with Crippen molar-refractivity contribution < 1.29 is 22.8 Å². The monoisotopic (exact) mass is 402 g/mol. The molecule has 28 heavy (non-hydrogen) atoms. The number of nitrogens with zero attached hydrogens (tertiary/aromatic N) is 2. The molecule has 0 atom stereocenters. The van der Waals surface area contributed by atoms with Crippen molar-refractivity contribution in [3.05, 3.63) is 78.1 Å². The standard InChI is InChI=1S/C20H13F3N2O2S/c1-12-18(26)28-19(27)25(12)17-7-3-6-16-15(17)8-9-24(16)11-13-4-2-5-14(10-13)20(21,22)23/h2-10H,1,11H2. The van der Waals surface area contributed by atoms with Gasteiger partial charge in [0, 0.05) is 29.9 Å². The van der Waals surface area contributed by atoms with Crippen molar-refractivity contribution in [1.29, 1.82) is 0 Å². The number of rotatable bonds is 3. The first kappa shape index (κ1) is 18.4. The summed E-state index contributed by atoms with van der Waals surface area (Å²) in [6.45, 7) is 3.91. The summed E-state index contributed by atoms with van der Waals surface area (Å²) >= 11 is 0.589. The second-order valence-corrected chi connectivity index (χ2v) is 7.21. The molecular weight excluding hydrogens is 389 g/mol. The molecule has 2 heterocycles. The SMILES string of the molecule is C=C1C(=O)SC(=O)N1c1cccc2c1ccn2Cc1cccc(C(F)(F)F)c1. The fraction of sp³-hybridized carbons (Fsp3) is 0.100. The molecule has 4 rings (SSSR count). The van der Waals surface area contributed by atoms with Gasteiger partial charge in [-0.3, -0.25) is 14.5 Å². The Kier molecular flexibility index (Phi) is 4.30. The van der Waals surface area contributed by atoms with Crippen molar-refractivity contribution in [2.75, 3.05) is 4.90 Å². The first-order valence-electron chi connectivity index (χ1n) is 8.25. The van der Waals surface area contributed by atoms with E-state index in [0.717, 1.165) is 17.6 Å². The number of anilines is 1. The van der Waals surface area contributed by atoms with Crippen molar-refractivity contribution in [3.63, 3.8) is 0 Å². The molecule has 1 amide bonds. The smallest absolute Gasteiger partial charge is 0.343 e. The van der Waals surface area contributed by atoms with E-state index in [2.05, 4.69) is 6.58 Å². The van der Waals surface area contributed by atoms with Crippen molar-refractivity contribution in [3.8, 4) is 0 Å². The summed E-state index contributed by atoms with van der Waals surface area (Å²) in [5, 5.41) is -0.113. The highest BCUT2D eigenvalue weighted by Crippen LogP contribution is 2.37. The van der Waals surface area contributed by atoms with E-state index in [9.17, 15) is 22.8 Å². The van der Waals surface area contributed by atoms with Crippen LogP contribution in [0.3, 0.4) is 0 Å². The third-order valence-electron chi connectivity index (χ3n) is 4.51. The quantitative estimate of drug-likeness (QED) is 0.549. The summed E-state index contributed by atoms with van der Waals surface area (Å²) in [4.78, 5) is 25.2. The molecule has 1 aliphatic rings.